The Morgan fingerprint density at radius 3 is 2.44 bits per heavy atom. The Kier molecular flexibility index (Phi) is 5.99. The lowest BCUT2D eigenvalue weighted by molar-refractivity contribution is 0.303. The number of hydrogen-bond donors (Lipinski definition) is 0. The molecule has 0 atom stereocenters. The van der Waals surface area contributed by atoms with Crippen LogP contribution in [0.3, 0.4) is 0 Å². The average Bonchev–Trinajstić information content (AvgIpc) is 2.34. The van der Waals surface area contributed by atoms with Crippen molar-refractivity contribution in [3.8, 4) is 5.75 Å². The van der Waals surface area contributed by atoms with Gasteiger partial charge < -0.3 is 4.74 Å². The van der Waals surface area contributed by atoms with E-state index < -0.39 is 0 Å². The Hall–Kier alpha value is -0.980. The van der Waals surface area contributed by atoms with Gasteiger partial charge in [-0.15, -0.1) is 0 Å². The summed E-state index contributed by atoms with van der Waals surface area (Å²) in [5.74, 6) is 1.10. The van der Waals surface area contributed by atoms with Crippen LogP contribution in [0.25, 0.3) is 0 Å². The molecule has 0 radical (unpaired) electrons. The molecule has 1 aromatic rings. The lowest BCUT2D eigenvalue weighted by atomic mass is 10.1. The molecule has 1 heteroatoms. The molecule has 0 aliphatic rings. The Balaban J connectivity index is 2.60. The van der Waals surface area contributed by atoms with Gasteiger partial charge in [0.1, 0.15) is 5.75 Å². The van der Waals surface area contributed by atoms with Crippen molar-refractivity contribution in [2.45, 2.75) is 52.9 Å². The van der Waals surface area contributed by atoms with Gasteiger partial charge in [0.15, 0.2) is 0 Å². The first kappa shape index (κ1) is 13.1. The third-order valence-corrected chi connectivity index (χ3v) is 2.93. The van der Waals surface area contributed by atoms with Gasteiger partial charge in [-0.1, -0.05) is 45.7 Å². The molecule has 0 aliphatic carbocycles. The molecule has 16 heavy (non-hydrogen) atoms. The summed E-state index contributed by atoms with van der Waals surface area (Å²) in [7, 11) is 0. The van der Waals surface area contributed by atoms with Crippen LogP contribution in [0.2, 0.25) is 0 Å². The third kappa shape index (κ3) is 3.88. The summed E-state index contributed by atoms with van der Waals surface area (Å²) in [6, 6.07) is 6.61. The van der Waals surface area contributed by atoms with E-state index in [0.717, 1.165) is 31.6 Å². The first-order valence-electron chi connectivity index (χ1n) is 6.56. The highest BCUT2D eigenvalue weighted by Gasteiger charge is 2.02. The topological polar surface area (TPSA) is 9.23 Å². The number of rotatable bonds is 7. The second-order valence-corrected chi connectivity index (χ2v) is 4.20. The molecule has 0 unspecified atom stereocenters. The van der Waals surface area contributed by atoms with Crippen molar-refractivity contribution in [1.82, 2.24) is 0 Å². The molecular formula is C15H24O. The van der Waals surface area contributed by atoms with Gasteiger partial charge >= 0.3 is 0 Å². The van der Waals surface area contributed by atoms with Gasteiger partial charge in [0.25, 0.3) is 0 Å². The van der Waals surface area contributed by atoms with Crippen molar-refractivity contribution in [2.75, 3.05) is 6.61 Å². The minimum absolute atomic E-state index is 0.855. The van der Waals surface area contributed by atoms with Crippen LogP contribution in [0.4, 0.5) is 0 Å². The van der Waals surface area contributed by atoms with Gasteiger partial charge in [-0.25, -0.2) is 0 Å². The Morgan fingerprint density at radius 2 is 1.81 bits per heavy atom. The van der Waals surface area contributed by atoms with Crippen molar-refractivity contribution in [1.29, 1.82) is 0 Å². The molecule has 0 saturated carbocycles. The van der Waals surface area contributed by atoms with Crippen molar-refractivity contribution in [3.63, 3.8) is 0 Å². The van der Waals surface area contributed by atoms with E-state index in [-0.39, 0.29) is 0 Å². The van der Waals surface area contributed by atoms with Gasteiger partial charge in [-0.3, -0.25) is 0 Å². The molecule has 0 heterocycles. The summed E-state index contributed by atoms with van der Waals surface area (Å²) in [6.07, 6.45) is 5.80. The maximum Gasteiger partial charge on any atom is 0.122 e. The van der Waals surface area contributed by atoms with E-state index in [2.05, 4.69) is 39.0 Å². The zero-order valence-corrected chi connectivity index (χ0v) is 10.9. The molecule has 0 N–H and O–H groups in total. The smallest absolute Gasteiger partial charge is 0.122 e. The lowest BCUT2D eigenvalue weighted by Crippen LogP contribution is -2.00. The normalized spacial score (nSPS) is 10.4. The van der Waals surface area contributed by atoms with Gasteiger partial charge in [0, 0.05) is 0 Å². The highest BCUT2D eigenvalue weighted by atomic mass is 16.5. The second-order valence-electron chi connectivity index (χ2n) is 4.20. The third-order valence-electron chi connectivity index (χ3n) is 2.93. The van der Waals surface area contributed by atoms with E-state index >= 15 is 0 Å². The highest BCUT2D eigenvalue weighted by Crippen LogP contribution is 2.21. The molecule has 0 amide bonds. The van der Waals surface area contributed by atoms with Gasteiger partial charge in [-0.2, -0.15) is 0 Å². The predicted octanol–water partition coefficient (Wildman–Crippen LogP) is 4.38. The van der Waals surface area contributed by atoms with Crippen molar-refractivity contribution in [2.24, 2.45) is 0 Å². The fourth-order valence-corrected chi connectivity index (χ4v) is 1.78. The molecule has 90 valence electrons. The monoisotopic (exact) mass is 220 g/mol. The molecule has 0 aromatic heterocycles. The molecule has 0 fully saturated rings. The van der Waals surface area contributed by atoms with Gasteiger partial charge in [0.05, 0.1) is 6.61 Å². The zero-order valence-electron chi connectivity index (χ0n) is 10.9. The Morgan fingerprint density at radius 1 is 1.00 bits per heavy atom. The first-order chi connectivity index (χ1) is 7.81. The van der Waals surface area contributed by atoms with Crippen LogP contribution in [0.5, 0.6) is 5.75 Å². The van der Waals surface area contributed by atoms with Crippen LogP contribution >= 0.6 is 0 Å². The quantitative estimate of drug-likeness (QED) is 0.620. The zero-order chi connectivity index (χ0) is 11.8. The summed E-state index contributed by atoms with van der Waals surface area (Å²) in [5, 5.41) is 0. The van der Waals surface area contributed by atoms with Crippen molar-refractivity contribution in [3.05, 3.63) is 29.3 Å². The highest BCUT2D eigenvalue weighted by molar-refractivity contribution is 5.37. The standard InChI is InChI=1S/C15H24O/c1-4-7-8-11-16-15-12-13(5-2)9-10-14(15)6-3/h9-10,12H,4-8,11H2,1-3H3. The van der Waals surface area contributed by atoms with E-state index in [0.29, 0.717) is 0 Å². The van der Waals surface area contributed by atoms with E-state index in [1.165, 1.54) is 24.0 Å². The minimum atomic E-state index is 0.855. The lowest BCUT2D eigenvalue weighted by Gasteiger charge is -2.11. The molecule has 0 aliphatic heterocycles. The maximum absolute atomic E-state index is 5.87. The van der Waals surface area contributed by atoms with E-state index in [1.807, 2.05) is 0 Å². The van der Waals surface area contributed by atoms with Crippen LogP contribution in [-0.4, -0.2) is 6.61 Å². The largest absolute Gasteiger partial charge is 0.493 e. The molecular weight excluding hydrogens is 196 g/mol. The van der Waals surface area contributed by atoms with Crippen molar-refractivity contribution >= 4 is 0 Å². The molecule has 1 aromatic carbocycles. The summed E-state index contributed by atoms with van der Waals surface area (Å²) in [5.41, 5.74) is 2.69. The number of aryl methyl sites for hydroxylation is 2. The predicted molar refractivity (Wildman–Crippen MR) is 70.2 cm³/mol. The molecule has 0 spiro atoms. The van der Waals surface area contributed by atoms with E-state index in [9.17, 15) is 0 Å². The van der Waals surface area contributed by atoms with Crippen LogP contribution in [0.1, 0.15) is 51.2 Å². The van der Waals surface area contributed by atoms with Crippen LogP contribution in [0.15, 0.2) is 18.2 Å². The number of ether oxygens (including phenoxy) is 1. The SMILES string of the molecule is CCCCCOc1cc(CC)ccc1CC. The summed E-state index contributed by atoms with van der Waals surface area (Å²) in [6.45, 7) is 7.44. The van der Waals surface area contributed by atoms with Crippen LogP contribution < -0.4 is 4.74 Å². The molecule has 1 rings (SSSR count). The van der Waals surface area contributed by atoms with Crippen LogP contribution in [-0.2, 0) is 12.8 Å². The fourth-order valence-electron chi connectivity index (χ4n) is 1.78. The average molecular weight is 220 g/mol. The maximum atomic E-state index is 5.87. The first-order valence-corrected chi connectivity index (χ1v) is 6.56. The number of hydrogen-bond acceptors (Lipinski definition) is 1. The van der Waals surface area contributed by atoms with Crippen LogP contribution in [0, 0.1) is 0 Å². The summed E-state index contributed by atoms with van der Waals surface area (Å²) in [4.78, 5) is 0. The molecule has 0 bridgehead atoms. The number of unbranched alkanes of at least 4 members (excludes halogenated alkanes) is 2. The van der Waals surface area contributed by atoms with E-state index in [1.54, 1.807) is 0 Å². The van der Waals surface area contributed by atoms with E-state index in [4.69, 9.17) is 4.74 Å². The Labute approximate surface area is 99.8 Å². The Bertz CT molecular complexity index is 304. The summed E-state index contributed by atoms with van der Waals surface area (Å²) >= 11 is 0. The number of benzene rings is 1. The molecule has 1 nitrogen and oxygen atoms in total. The minimum Gasteiger partial charge on any atom is -0.493 e. The van der Waals surface area contributed by atoms with Crippen molar-refractivity contribution < 1.29 is 4.74 Å². The molecule has 0 saturated heterocycles. The fraction of sp³-hybridized carbons (Fsp3) is 0.600. The van der Waals surface area contributed by atoms with Gasteiger partial charge in [0.2, 0.25) is 0 Å². The van der Waals surface area contributed by atoms with Gasteiger partial charge in [-0.05, 0) is 36.5 Å². The summed E-state index contributed by atoms with van der Waals surface area (Å²) < 4.78 is 5.87. The second kappa shape index (κ2) is 7.32.